The zero-order chi connectivity index (χ0) is 7.61. The monoisotopic (exact) mass is 178 g/mol. The first-order valence-electron chi connectivity index (χ1n) is 2.25. The van der Waals surface area contributed by atoms with Crippen LogP contribution in [0.1, 0.15) is 0 Å². The van der Waals surface area contributed by atoms with Gasteiger partial charge >= 0.3 is 0 Å². The zero-order valence-electron chi connectivity index (χ0n) is 5.03. The van der Waals surface area contributed by atoms with Crippen molar-refractivity contribution in [3.63, 3.8) is 0 Å². The number of nitrogens with zero attached hydrogens (tertiary/aromatic N) is 2. The Morgan fingerprint density at radius 2 is 2.40 bits per heavy atom. The molecular formula is C3H4N3O2S2. The Hall–Kier alpha value is -0.690. The molecule has 0 atom stereocenters. The molecule has 0 saturated carbocycles. The molecule has 0 amide bonds. The molecule has 0 aromatic carbocycles. The lowest BCUT2D eigenvalue weighted by Gasteiger charge is -1.93. The van der Waals surface area contributed by atoms with Crippen molar-refractivity contribution in [3.8, 4) is 0 Å². The molecule has 55 valence electrons. The Balaban J connectivity index is 2.75. The minimum atomic E-state index is -3.21. The maximum Gasteiger partial charge on any atom is 0.231 e. The molecule has 0 aliphatic heterocycles. The van der Waals surface area contributed by atoms with Gasteiger partial charge < -0.3 is 0 Å². The minimum Gasteiger partial charge on any atom is -0.258 e. The van der Waals surface area contributed by atoms with Crippen LogP contribution >= 0.6 is 11.5 Å². The first kappa shape index (κ1) is 7.42. The summed E-state index contributed by atoms with van der Waals surface area (Å²) < 4.78 is 26.7. The Kier molecular flexibility index (Phi) is 1.86. The maximum absolute atomic E-state index is 10.5. The van der Waals surface area contributed by atoms with Crippen molar-refractivity contribution in [2.45, 2.75) is 0 Å². The van der Waals surface area contributed by atoms with Gasteiger partial charge in [-0.1, -0.05) is 0 Å². The Morgan fingerprint density at radius 3 is 2.80 bits per heavy atom. The van der Waals surface area contributed by atoms with Crippen molar-refractivity contribution in [3.05, 3.63) is 6.33 Å². The lowest BCUT2D eigenvalue weighted by Crippen LogP contribution is -2.08. The van der Waals surface area contributed by atoms with Crippen LogP contribution < -0.4 is 4.72 Å². The zero-order valence-corrected chi connectivity index (χ0v) is 6.66. The van der Waals surface area contributed by atoms with E-state index >= 15 is 0 Å². The molecule has 0 aliphatic rings. The quantitative estimate of drug-likeness (QED) is 0.675. The fraction of sp³-hybridized carbons (Fsp3) is 0.333. The van der Waals surface area contributed by atoms with E-state index in [2.05, 4.69) is 20.4 Å². The summed E-state index contributed by atoms with van der Waals surface area (Å²) in [5.41, 5.74) is 0. The molecule has 0 spiro atoms. The highest BCUT2D eigenvalue weighted by atomic mass is 32.2. The molecule has 7 heteroatoms. The van der Waals surface area contributed by atoms with Crippen LogP contribution in [0.25, 0.3) is 0 Å². The maximum atomic E-state index is 10.5. The predicted molar refractivity (Wildman–Crippen MR) is 37.2 cm³/mol. The lowest BCUT2D eigenvalue weighted by molar-refractivity contribution is 0.607. The summed E-state index contributed by atoms with van der Waals surface area (Å²) in [5.74, 6) is 0. The number of rotatable bonds is 2. The minimum absolute atomic E-state index is 0.238. The van der Waals surface area contributed by atoms with Gasteiger partial charge in [-0.2, -0.15) is 9.36 Å². The van der Waals surface area contributed by atoms with E-state index in [1.54, 1.807) is 0 Å². The second kappa shape index (κ2) is 2.51. The van der Waals surface area contributed by atoms with Crippen molar-refractivity contribution in [2.75, 3.05) is 11.0 Å². The third-order valence-electron chi connectivity index (χ3n) is 0.597. The van der Waals surface area contributed by atoms with E-state index in [1.807, 2.05) is 0 Å². The summed E-state index contributed by atoms with van der Waals surface area (Å²) in [7, 11) is -3.21. The molecule has 1 rings (SSSR count). The smallest absolute Gasteiger partial charge is 0.231 e. The Morgan fingerprint density at radius 1 is 1.70 bits per heavy atom. The van der Waals surface area contributed by atoms with Gasteiger partial charge in [-0.25, -0.2) is 8.42 Å². The number of nitrogens with one attached hydrogen (secondary N) is 1. The fourth-order valence-corrected chi connectivity index (χ4v) is 1.57. The third kappa shape index (κ3) is 2.28. The van der Waals surface area contributed by atoms with Crippen LogP contribution in [0.5, 0.6) is 0 Å². The number of sulfonamides is 1. The Labute approximate surface area is 62.3 Å². The van der Waals surface area contributed by atoms with Crippen molar-refractivity contribution < 1.29 is 8.42 Å². The molecule has 1 aromatic heterocycles. The van der Waals surface area contributed by atoms with Crippen LogP contribution in [0.4, 0.5) is 5.13 Å². The van der Waals surface area contributed by atoms with Crippen molar-refractivity contribution in [2.24, 2.45) is 0 Å². The van der Waals surface area contributed by atoms with Crippen LogP contribution in [0, 0.1) is 6.33 Å². The van der Waals surface area contributed by atoms with Crippen molar-refractivity contribution in [1.82, 2.24) is 9.36 Å². The van der Waals surface area contributed by atoms with Gasteiger partial charge in [-0.3, -0.25) is 4.72 Å². The SMILES string of the molecule is CS(=O)(=O)Nc1n[c]ns1. The normalized spacial score (nSPS) is 11.3. The van der Waals surface area contributed by atoms with E-state index in [4.69, 9.17) is 0 Å². The average molecular weight is 178 g/mol. The molecular weight excluding hydrogens is 174 g/mol. The van der Waals surface area contributed by atoms with Gasteiger partial charge in [0.1, 0.15) is 0 Å². The van der Waals surface area contributed by atoms with Crippen LogP contribution in [-0.4, -0.2) is 24.0 Å². The van der Waals surface area contributed by atoms with Gasteiger partial charge in [0.2, 0.25) is 21.5 Å². The largest absolute Gasteiger partial charge is 0.258 e. The van der Waals surface area contributed by atoms with Gasteiger partial charge in [0.25, 0.3) is 0 Å². The summed E-state index contributed by atoms with van der Waals surface area (Å²) in [6.07, 6.45) is 3.29. The molecule has 1 heterocycles. The molecule has 1 radical (unpaired) electrons. The first-order valence-corrected chi connectivity index (χ1v) is 4.92. The van der Waals surface area contributed by atoms with Crippen LogP contribution in [0.2, 0.25) is 0 Å². The summed E-state index contributed by atoms with van der Waals surface area (Å²) in [6, 6.07) is 0. The first-order chi connectivity index (χ1) is 4.58. The number of aromatic nitrogens is 2. The van der Waals surface area contributed by atoms with Gasteiger partial charge in [-0.05, 0) is 0 Å². The van der Waals surface area contributed by atoms with E-state index in [-0.39, 0.29) is 5.13 Å². The highest BCUT2D eigenvalue weighted by Crippen LogP contribution is 2.06. The van der Waals surface area contributed by atoms with Crippen molar-refractivity contribution in [1.29, 1.82) is 0 Å². The van der Waals surface area contributed by atoms with E-state index in [0.717, 1.165) is 17.8 Å². The predicted octanol–water partition coefficient (Wildman–Crippen LogP) is -0.290. The van der Waals surface area contributed by atoms with Crippen LogP contribution in [0.3, 0.4) is 0 Å². The van der Waals surface area contributed by atoms with E-state index < -0.39 is 10.0 Å². The molecule has 0 unspecified atom stereocenters. The molecule has 1 N–H and O–H groups in total. The molecule has 5 nitrogen and oxygen atoms in total. The highest BCUT2D eigenvalue weighted by molar-refractivity contribution is 7.92. The summed E-state index contributed by atoms with van der Waals surface area (Å²) in [5, 5.41) is 0.238. The molecule has 0 fully saturated rings. The Bertz CT molecular complexity index is 290. The second-order valence-corrected chi connectivity index (χ2v) is 4.07. The van der Waals surface area contributed by atoms with Crippen LogP contribution in [0.15, 0.2) is 0 Å². The van der Waals surface area contributed by atoms with E-state index in [1.165, 1.54) is 0 Å². The van der Waals surface area contributed by atoms with Gasteiger partial charge in [0, 0.05) is 11.5 Å². The topological polar surface area (TPSA) is 72.0 Å². The van der Waals surface area contributed by atoms with Crippen molar-refractivity contribution >= 4 is 26.7 Å². The molecule has 10 heavy (non-hydrogen) atoms. The summed E-state index contributed by atoms with van der Waals surface area (Å²) in [4.78, 5) is 3.49. The highest BCUT2D eigenvalue weighted by Gasteiger charge is 2.02. The van der Waals surface area contributed by atoms with Gasteiger partial charge in [0.05, 0.1) is 6.26 Å². The fourth-order valence-electron chi connectivity index (χ4n) is 0.350. The van der Waals surface area contributed by atoms with Gasteiger partial charge in [-0.15, -0.1) is 0 Å². The van der Waals surface area contributed by atoms with Gasteiger partial charge in [0.15, 0.2) is 0 Å². The van der Waals surface area contributed by atoms with Crippen LogP contribution in [-0.2, 0) is 10.0 Å². The summed E-state index contributed by atoms with van der Waals surface area (Å²) in [6.45, 7) is 0. The second-order valence-electron chi connectivity index (χ2n) is 1.57. The third-order valence-corrected chi connectivity index (χ3v) is 1.83. The standard InChI is InChI=1S/C3H4N3O2S2/c1-10(7,8)6-3-4-2-5-9-3/h1H3,(H,4,5,6). The number of hydrogen-bond donors (Lipinski definition) is 1. The number of hydrogen-bond acceptors (Lipinski definition) is 5. The molecule has 0 saturated heterocycles. The van der Waals surface area contributed by atoms with E-state index in [0.29, 0.717) is 0 Å². The lowest BCUT2D eigenvalue weighted by atomic mass is 11.2. The molecule has 1 aromatic rings. The number of anilines is 1. The molecule has 0 bridgehead atoms. The molecule has 0 aliphatic carbocycles. The summed E-state index contributed by atoms with van der Waals surface area (Å²) >= 11 is 0.943. The van der Waals surface area contributed by atoms with E-state index in [9.17, 15) is 8.42 Å². The average Bonchev–Trinajstić information content (AvgIpc) is 2.12.